The molecule has 108 valence electrons. The maximum atomic E-state index is 6.15. The predicted octanol–water partition coefficient (Wildman–Crippen LogP) is 4.74. The molecular formula is C15H24ClNO2. The van der Waals surface area contributed by atoms with Crippen LogP contribution in [0.3, 0.4) is 0 Å². The Labute approximate surface area is 121 Å². The second-order valence-corrected chi connectivity index (χ2v) is 5.14. The van der Waals surface area contributed by atoms with Crippen LogP contribution >= 0.6 is 11.6 Å². The van der Waals surface area contributed by atoms with E-state index in [1.54, 1.807) is 14.2 Å². The van der Waals surface area contributed by atoms with Gasteiger partial charge in [-0.2, -0.15) is 0 Å². The number of benzene rings is 1. The van der Waals surface area contributed by atoms with Crippen LogP contribution in [0.5, 0.6) is 11.5 Å². The number of unbranched alkanes of at least 4 members (excludes halogenated alkanes) is 2. The largest absolute Gasteiger partial charge is 0.495 e. The van der Waals surface area contributed by atoms with Gasteiger partial charge in [-0.15, -0.1) is 0 Å². The van der Waals surface area contributed by atoms with E-state index in [0.717, 1.165) is 17.9 Å². The van der Waals surface area contributed by atoms with Crippen molar-refractivity contribution in [3.05, 3.63) is 17.2 Å². The number of hydrogen-bond acceptors (Lipinski definition) is 3. The van der Waals surface area contributed by atoms with Gasteiger partial charge in [0.2, 0.25) is 0 Å². The van der Waals surface area contributed by atoms with Gasteiger partial charge in [-0.3, -0.25) is 0 Å². The van der Waals surface area contributed by atoms with Crippen molar-refractivity contribution in [1.29, 1.82) is 0 Å². The van der Waals surface area contributed by atoms with E-state index >= 15 is 0 Å². The maximum absolute atomic E-state index is 6.15. The summed E-state index contributed by atoms with van der Waals surface area (Å²) in [5.74, 6) is 1.38. The molecule has 3 nitrogen and oxygen atoms in total. The third-order valence-electron chi connectivity index (χ3n) is 3.12. The van der Waals surface area contributed by atoms with Gasteiger partial charge in [-0.25, -0.2) is 0 Å². The summed E-state index contributed by atoms with van der Waals surface area (Å²) >= 11 is 6.15. The lowest BCUT2D eigenvalue weighted by Crippen LogP contribution is -2.15. The Morgan fingerprint density at radius 1 is 1.16 bits per heavy atom. The Hall–Kier alpha value is -1.09. The lowest BCUT2D eigenvalue weighted by molar-refractivity contribution is 0.395. The maximum Gasteiger partial charge on any atom is 0.145 e. The molecule has 0 aliphatic rings. The highest BCUT2D eigenvalue weighted by Gasteiger charge is 2.11. The summed E-state index contributed by atoms with van der Waals surface area (Å²) in [5.41, 5.74) is 0.914. The first kappa shape index (κ1) is 16.0. The molecule has 1 unspecified atom stereocenters. The fourth-order valence-corrected chi connectivity index (χ4v) is 2.25. The molecule has 0 fully saturated rings. The minimum absolute atomic E-state index is 0.393. The zero-order valence-electron chi connectivity index (χ0n) is 12.3. The number of methoxy groups -OCH3 is 2. The number of hydrogen-bond donors (Lipinski definition) is 1. The van der Waals surface area contributed by atoms with E-state index in [-0.39, 0.29) is 0 Å². The molecule has 0 heterocycles. The van der Waals surface area contributed by atoms with Crippen LogP contribution in [0.2, 0.25) is 5.02 Å². The second kappa shape index (κ2) is 8.16. The van der Waals surface area contributed by atoms with Crippen molar-refractivity contribution >= 4 is 17.3 Å². The molecule has 0 spiro atoms. The second-order valence-electron chi connectivity index (χ2n) is 4.73. The molecule has 0 saturated heterocycles. The number of anilines is 1. The van der Waals surface area contributed by atoms with Crippen LogP contribution < -0.4 is 14.8 Å². The van der Waals surface area contributed by atoms with Crippen LogP contribution in [0.15, 0.2) is 12.1 Å². The topological polar surface area (TPSA) is 30.5 Å². The van der Waals surface area contributed by atoms with E-state index in [9.17, 15) is 0 Å². The van der Waals surface area contributed by atoms with E-state index in [1.807, 2.05) is 12.1 Å². The van der Waals surface area contributed by atoms with Crippen LogP contribution in [-0.2, 0) is 0 Å². The summed E-state index contributed by atoms with van der Waals surface area (Å²) < 4.78 is 10.6. The Balaban J connectivity index is 2.73. The zero-order valence-corrected chi connectivity index (χ0v) is 13.0. The highest BCUT2D eigenvalue weighted by atomic mass is 35.5. The van der Waals surface area contributed by atoms with Gasteiger partial charge in [-0.05, 0) is 19.4 Å². The highest BCUT2D eigenvalue weighted by Crippen LogP contribution is 2.36. The number of nitrogens with one attached hydrogen (secondary N) is 1. The van der Waals surface area contributed by atoms with Gasteiger partial charge in [-0.1, -0.05) is 37.8 Å². The SMILES string of the molecule is CCCCCC(C)Nc1cc(Cl)c(OC)cc1OC. The number of halogens is 1. The molecule has 0 saturated carbocycles. The molecule has 1 N–H and O–H groups in total. The molecule has 1 aromatic carbocycles. The average molecular weight is 286 g/mol. The summed E-state index contributed by atoms with van der Waals surface area (Å²) in [5, 5.41) is 4.04. The molecule has 1 atom stereocenters. The van der Waals surface area contributed by atoms with Crippen molar-refractivity contribution in [2.24, 2.45) is 0 Å². The average Bonchev–Trinajstić information content (AvgIpc) is 2.39. The number of ether oxygens (including phenoxy) is 2. The molecule has 0 radical (unpaired) electrons. The Bertz CT molecular complexity index is 396. The molecule has 0 amide bonds. The molecule has 1 aromatic rings. The minimum Gasteiger partial charge on any atom is -0.495 e. The fraction of sp³-hybridized carbons (Fsp3) is 0.600. The van der Waals surface area contributed by atoms with Crippen molar-refractivity contribution in [1.82, 2.24) is 0 Å². The first-order valence-electron chi connectivity index (χ1n) is 6.80. The van der Waals surface area contributed by atoms with Gasteiger partial charge in [0, 0.05) is 12.1 Å². The molecule has 19 heavy (non-hydrogen) atoms. The molecule has 1 rings (SSSR count). The Morgan fingerprint density at radius 3 is 2.42 bits per heavy atom. The lowest BCUT2D eigenvalue weighted by atomic mass is 10.1. The lowest BCUT2D eigenvalue weighted by Gasteiger charge is -2.18. The van der Waals surface area contributed by atoms with E-state index in [2.05, 4.69) is 19.2 Å². The van der Waals surface area contributed by atoms with Crippen molar-refractivity contribution in [2.75, 3.05) is 19.5 Å². The number of rotatable bonds is 8. The van der Waals surface area contributed by atoms with Crippen LogP contribution in [0.25, 0.3) is 0 Å². The van der Waals surface area contributed by atoms with E-state index < -0.39 is 0 Å². The van der Waals surface area contributed by atoms with Gasteiger partial charge in [0.05, 0.1) is 24.9 Å². The van der Waals surface area contributed by atoms with Crippen LogP contribution in [-0.4, -0.2) is 20.3 Å². The van der Waals surface area contributed by atoms with Gasteiger partial charge >= 0.3 is 0 Å². The molecule has 0 bridgehead atoms. The third kappa shape index (κ3) is 4.83. The fourth-order valence-electron chi connectivity index (χ4n) is 2.01. The normalized spacial score (nSPS) is 12.1. The predicted molar refractivity (Wildman–Crippen MR) is 81.8 cm³/mol. The first-order valence-corrected chi connectivity index (χ1v) is 7.18. The Kier molecular flexibility index (Phi) is 6.85. The van der Waals surface area contributed by atoms with Crippen molar-refractivity contribution < 1.29 is 9.47 Å². The standard InChI is InChI=1S/C15H24ClNO2/c1-5-6-7-8-11(2)17-13-9-12(16)14(18-3)10-15(13)19-4/h9-11,17H,5-8H2,1-4H3. The molecule has 0 aliphatic heterocycles. The van der Waals surface area contributed by atoms with Gasteiger partial charge in [0.15, 0.2) is 0 Å². The molecule has 4 heteroatoms. The monoisotopic (exact) mass is 285 g/mol. The van der Waals surface area contributed by atoms with Gasteiger partial charge in [0.1, 0.15) is 11.5 Å². The van der Waals surface area contributed by atoms with Gasteiger partial charge < -0.3 is 14.8 Å². The zero-order chi connectivity index (χ0) is 14.3. The summed E-state index contributed by atoms with van der Waals surface area (Å²) in [7, 11) is 3.25. The van der Waals surface area contributed by atoms with Crippen LogP contribution in [0.4, 0.5) is 5.69 Å². The quantitative estimate of drug-likeness (QED) is 0.700. The van der Waals surface area contributed by atoms with Crippen molar-refractivity contribution in [3.8, 4) is 11.5 Å². The summed E-state index contributed by atoms with van der Waals surface area (Å²) in [6.07, 6.45) is 4.88. The van der Waals surface area contributed by atoms with Crippen molar-refractivity contribution in [2.45, 2.75) is 45.6 Å². The van der Waals surface area contributed by atoms with E-state index in [4.69, 9.17) is 21.1 Å². The molecule has 0 aromatic heterocycles. The smallest absolute Gasteiger partial charge is 0.145 e. The summed E-state index contributed by atoms with van der Waals surface area (Å²) in [4.78, 5) is 0. The van der Waals surface area contributed by atoms with E-state index in [1.165, 1.54) is 19.3 Å². The Morgan fingerprint density at radius 2 is 1.84 bits per heavy atom. The van der Waals surface area contributed by atoms with Crippen LogP contribution in [0.1, 0.15) is 39.5 Å². The summed E-state index contributed by atoms with van der Waals surface area (Å²) in [6, 6.07) is 4.06. The molecule has 0 aliphatic carbocycles. The summed E-state index contributed by atoms with van der Waals surface area (Å²) in [6.45, 7) is 4.39. The van der Waals surface area contributed by atoms with Crippen molar-refractivity contribution in [3.63, 3.8) is 0 Å². The first-order chi connectivity index (χ1) is 9.12. The molecular weight excluding hydrogens is 262 g/mol. The van der Waals surface area contributed by atoms with Crippen LogP contribution in [0, 0.1) is 0 Å². The van der Waals surface area contributed by atoms with E-state index in [0.29, 0.717) is 16.8 Å². The third-order valence-corrected chi connectivity index (χ3v) is 3.41. The minimum atomic E-state index is 0.393. The van der Waals surface area contributed by atoms with Gasteiger partial charge in [0.25, 0.3) is 0 Å². The highest BCUT2D eigenvalue weighted by molar-refractivity contribution is 6.32.